The topological polar surface area (TPSA) is 67.2 Å². The molecular formula is C24H36N4O2. The summed E-state index contributed by atoms with van der Waals surface area (Å²) >= 11 is 0. The van der Waals surface area contributed by atoms with E-state index in [1.54, 1.807) is 0 Å². The summed E-state index contributed by atoms with van der Waals surface area (Å²) in [6.07, 6.45) is 12.8. The molecule has 1 aromatic rings. The van der Waals surface area contributed by atoms with Crippen molar-refractivity contribution >= 4 is 11.8 Å². The Kier molecular flexibility index (Phi) is 5.14. The number of aromatic nitrogens is 2. The van der Waals surface area contributed by atoms with Crippen LogP contribution in [0.3, 0.4) is 0 Å². The van der Waals surface area contributed by atoms with Crippen molar-refractivity contribution < 1.29 is 9.59 Å². The average molecular weight is 413 g/mol. The van der Waals surface area contributed by atoms with E-state index in [9.17, 15) is 9.59 Å². The van der Waals surface area contributed by atoms with Crippen molar-refractivity contribution in [3.63, 3.8) is 0 Å². The van der Waals surface area contributed by atoms with Gasteiger partial charge in [-0.15, -0.1) is 0 Å². The van der Waals surface area contributed by atoms with Gasteiger partial charge in [-0.1, -0.05) is 6.92 Å². The number of carbonyl (C=O) groups is 2. The van der Waals surface area contributed by atoms with Gasteiger partial charge in [0.05, 0.1) is 5.41 Å². The largest absolute Gasteiger partial charge is 0.354 e. The molecule has 2 atom stereocenters. The molecule has 6 rings (SSSR count). The molecule has 6 heteroatoms. The van der Waals surface area contributed by atoms with Crippen molar-refractivity contribution in [2.45, 2.75) is 77.8 Å². The second kappa shape index (κ2) is 7.69. The minimum atomic E-state index is -0.271. The highest BCUT2D eigenvalue weighted by Gasteiger charge is 2.56. The Labute approximate surface area is 179 Å². The molecule has 2 amide bonds. The van der Waals surface area contributed by atoms with Crippen LogP contribution in [0.4, 0.5) is 0 Å². The molecule has 5 fully saturated rings. The highest BCUT2D eigenvalue weighted by Crippen LogP contribution is 2.60. The van der Waals surface area contributed by atoms with Gasteiger partial charge in [0.2, 0.25) is 11.8 Å². The molecular weight excluding hydrogens is 376 g/mol. The van der Waals surface area contributed by atoms with Crippen LogP contribution in [0.2, 0.25) is 0 Å². The van der Waals surface area contributed by atoms with E-state index in [0.29, 0.717) is 18.4 Å². The maximum Gasteiger partial charge on any atom is 0.242 e. The Morgan fingerprint density at radius 1 is 1.20 bits per heavy atom. The van der Waals surface area contributed by atoms with Gasteiger partial charge in [-0.2, -0.15) is 0 Å². The van der Waals surface area contributed by atoms with E-state index in [2.05, 4.69) is 21.8 Å². The fourth-order valence-electron chi connectivity index (χ4n) is 7.35. The third kappa shape index (κ3) is 3.56. The highest BCUT2D eigenvalue weighted by atomic mass is 16.2. The summed E-state index contributed by atoms with van der Waals surface area (Å²) in [6.45, 7) is 6.37. The van der Waals surface area contributed by atoms with Crippen LogP contribution in [-0.2, 0) is 16.1 Å². The SMILES string of the molecule is Cc1nccn1CC(C)CNC(=O)C1CCCN1C(=O)C12CC3CC(CC(C3)C1)C2. The molecule has 2 heterocycles. The third-order valence-electron chi connectivity index (χ3n) is 8.36. The summed E-state index contributed by atoms with van der Waals surface area (Å²) in [4.78, 5) is 33.0. The van der Waals surface area contributed by atoms with Crippen molar-refractivity contribution in [1.29, 1.82) is 0 Å². The lowest BCUT2D eigenvalue weighted by Crippen LogP contribution is -2.57. The van der Waals surface area contributed by atoms with E-state index in [0.717, 1.165) is 68.8 Å². The zero-order chi connectivity index (χ0) is 20.9. The monoisotopic (exact) mass is 412 g/mol. The number of rotatable bonds is 6. The van der Waals surface area contributed by atoms with Crippen LogP contribution in [0, 0.1) is 36.0 Å². The minimum Gasteiger partial charge on any atom is -0.354 e. The number of amides is 2. The van der Waals surface area contributed by atoms with E-state index >= 15 is 0 Å². The van der Waals surface area contributed by atoms with Crippen LogP contribution in [0.1, 0.15) is 64.1 Å². The van der Waals surface area contributed by atoms with Gasteiger partial charge in [-0.05, 0) is 82.0 Å². The number of likely N-dealkylation sites (tertiary alicyclic amines) is 1. The first-order valence-electron chi connectivity index (χ1n) is 12.0. The Balaban J connectivity index is 1.20. The molecule has 1 N–H and O–H groups in total. The molecule has 0 aromatic carbocycles. The molecule has 30 heavy (non-hydrogen) atoms. The van der Waals surface area contributed by atoms with Crippen molar-refractivity contribution in [2.75, 3.05) is 13.1 Å². The van der Waals surface area contributed by atoms with Crippen LogP contribution in [-0.4, -0.2) is 45.4 Å². The maximum atomic E-state index is 13.7. The maximum absolute atomic E-state index is 13.7. The summed E-state index contributed by atoms with van der Waals surface area (Å²) in [5.74, 6) is 3.92. The molecule has 1 saturated heterocycles. The number of hydrogen-bond acceptors (Lipinski definition) is 3. The lowest BCUT2D eigenvalue weighted by molar-refractivity contribution is -0.160. The zero-order valence-electron chi connectivity index (χ0n) is 18.5. The van der Waals surface area contributed by atoms with Gasteiger partial charge in [-0.25, -0.2) is 4.98 Å². The van der Waals surface area contributed by atoms with Gasteiger partial charge < -0.3 is 14.8 Å². The van der Waals surface area contributed by atoms with Gasteiger partial charge in [0.1, 0.15) is 11.9 Å². The van der Waals surface area contributed by atoms with Crippen molar-refractivity contribution in [3.05, 3.63) is 18.2 Å². The van der Waals surface area contributed by atoms with Crippen LogP contribution in [0.15, 0.2) is 12.4 Å². The summed E-state index contributed by atoms with van der Waals surface area (Å²) < 4.78 is 2.12. The first-order valence-corrected chi connectivity index (χ1v) is 12.0. The molecule has 4 saturated carbocycles. The van der Waals surface area contributed by atoms with Gasteiger partial charge in [0, 0.05) is 32.0 Å². The molecule has 6 nitrogen and oxygen atoms in total. The van der Waals surface area contributed by atoms with E-state index in [1.807, 2.05) is 24.2 Å². The molecule has 2 unspecified atom stereocenters. The van der Waals surface area contributed by atoms with Crippen molar-refractivity contribution in [3.8, 4) is 0 Å². The van der Waals surface area contributed by atoms with Crippen LogP contribution < -0.4 is 5.32 Å². The fourth-order valence-corrected chi connectivity index (χ4v) is 7.35. The second-order valence-corrected chi connectivity index (χ2v) is 10.8. The van der Waals surface area contributed by atoms with Gasteiger partial charge in [0.25, 0.3) is 0 Å². The summed E-state index contributed by atoms with van der Waals surface area (Å²) in [7, 11) is 0. The lowest BCUT2D eigenvalue weighted by Gasteiger charge is -2.56. The fraction of sp³-hybridized carbons (Fsp3) is 0.792. The summed E-state index contributed by atoms with van der Waals surface area (Å²) in [6, 6.07) is -0.271. The first kappa shape index (κ1) is 20.1. The molecule has 4 aliphatic carbocycles. The molecule has 0 radical (unpaired) electrons. The highest BCUT2D eigenvalue weighted by molar-refractivity contribution is 5.91. The Morgan fingerprint density at radius 2 is 1.87 bits per heavy atom. The van der Waals surface area contributed by atoms with Crippen LogP contribution in [0.25, 0.3) is 0 Å². The van der Waals surface area contributed by atoms with Gasteiger partial charge in [-0.3, -0.25) is 9.59 Å². The quantitative estimate of drug-likeness (QED) is 0.780. The van der Waals surface area contributed by atoms with Crippen molar-refractivity contribution in [2.24, 2.45) is 29.1 Å². The van der Waals surface area contributed by atoms with Crippen molar-refractivity contribution in [1.82, 2.24) is 19.8 Å². The number of nitrogens with zero attached hydrogens (tertiary/aromatic N) is 3. The Bertz CT molecular complexity index is 781. The average Bonchev–Trinajstić information content (AvgIpc) is 3.34. The molecule has 5 aliphatic rings. The normalized spacial score (nSPS) is 35.6. The van der Waals surface area contributed by atoms with Crippen LogP contribution >= 0.6 is 0 Å². The molecule has 0 spiro atoms. The summed E-state index contributed by atoms with van der Waals surface area (Å²) in [5.41, 5.74) is -0.149. The Hall–Kier alpha value is -1.85. The third-order valence-corrected chi connectivity index (χ3v) is 8.36. The smallest absolute Gasteiger partial charge is 0.242 e. The van der Waals surface area contributed by atoms with Crippen LogP contribution in [0.5, 0.6) is 0 Å². The van der Waals surface area contributed by atoms with Gasteiger partial charge >= 0.3 is 0 Å². The predicted octanol–water partition coefficient (Wildman–Crippen LogP) is 3.15. The molecule has 164 valence electrons. The van der Waals surface area contributed by atoms with E-state index in [1.165, 1.54) is 19.3 Å². The number of hydrogen-bond donors (Lipinski definition) is 1. The van der Waals surface area contributed by atoms with Gasteiger partial charge in [0.15, 0.2) is 0 Å². The van der Waals surface area contributed by atoms with E-state index < -0.39 is 0 Å². The standard InChI is InChI=1S/C24H36N4O2/c1-16(15-27-7-5-25-17(27)2)14-26-22(29)21-4-3-6-28(21)23(30)24-11-18-8-19(12-24)10-20(9-18)13-24/h5,7,16,18-21H,3-4,6,8-15H2,1-2H3,(H,26,29). The summed E-state index contributed by atoms with van der Waals surface area (Å²) in [5, 5.41) is 3.15. The number of aryl methyl sites for hydroxylation is 1. The molecule has 4 bridgehead atoms. The minimum absolute atomic E-state index is 0.0415. The first-order chi connectivity index (χ1) is 14.4. The molecule has 1 aromatic heterocycles. The zero-order valence-corrected chi connectivity index (χ0v) is 18.5. The lowest BCUT2D eigenvalue weighted by atomic mass is 9.49. The number of imidazole rings is 1. The Morgan fingerprint density at radius 3 is 2.47 bits per heavy atom. The number of nitrogens with one attached hydrogen (secondary N) is 1. The van der Waals surface area contributed by atoms with E-state index in [-0.39, 0.29) is 17.4 Å². The second-order valence-electron chi connectivity index (χ2n) is 10.8. The van der Waals surface area contributed by atoms with E-state index in [4.69, 9.17) is 0 Å². The molecule has 1 aliphatic heterocycles. The number of carbonyl (C=O) groups excluding carboxylic acids is 2. The predicted molar refractivity (Wildman–Crippen MR) is 114 cm³/mol.